The van der Waals surface area contributed by atoms with Crippen molar-refractivity contribution in [1.29, 1.82) is 0 Å². The highest BCUT2D eigenvalue weighted by atomic mass is 16.5. The first-order valence-corrected chi connectivity index (χ1v) is 7.32. The molecule has 1 heterocycles. The van der Waals surface area contributed by atoms with Gasteiger partial charge in [0.15, 0.2) is 6.61 Å². The molecule has 0 saturated heterocycles. The number of carbonyl (C=O) groups is 1. The highest BCUT2D eigenvalue weighted by Gasteiger charge is 2.04. The molecule has 3 rings (SSSR count). The van der Waals surface area contributed by atoms with Gasteiger partial charge in [-0.15, -0.1) is 0 Å². The van der Waals surface area contributed by atoms with Crippen molar-refractivity contribution in [3.63, 3.8) is 0 Å². The van der Waals surface area contributed by atoms with Crippen molar-refractivity contribution in [1.82, 2.24) is 9.97 Å². The van der Waals surface area contributed by atoms with E-state index in [9.17, 15) is 4.79 Å². The zero-order chi connectivity index (χ0) is 16.9. The third kappa shape index (κ3) is 3.70. The predicted molar refractivity (Wildman–Crippen MR) is 91.5 cm³/mol. The molecule has 1 aromatic heterocycles. The van der Waals surface area contributed by atoms with Gasteiger partial charge in [0.1, 0.15) is 5.75 Å². The zero-order valence-electron chi connectivity index (χ0n) is 13.0. The number of imidazole rings is 1. The second-order valence-corrected chi connectivity index (χ2v) is 5.12. The van der Waals surface area contributed by atoms with Crippen molar-refractivity contribution >= 4 is 28.7 Å². The lowest BCUT2D eigenvalue weighted by Crippen LogP contribution is -2.09. The maximum Gasteiger partial charge on any atom is 0.341 e. The number of aromatic nitrogens is 2. The van der Waals surface area contributed by atoms with Gasteiger partial charge >= 0.3 is 5.97 Å². The fourth-order valence-corrected chi connectivity index (χ4v) is 2.16. The molecule has 0 radical (unpaired) electrons. The van der Waals surface area contributed by atoms with Crippen LogP contribution in [-0.2, 0) is 4.79 Å². The molecule has 0 atom stereocenters. The van der Waals surface area contributed by atoms with E-state index in [1.807, 2.05) is 37.3 Å². The minimum Gasteiger partial charge on any atom is -0.482 e. The summed E-state index contributed by atoms with van der Waals surface area (Å²) in [6.07, 6.45) is 0. The smallest absolute Gasteiger partial charge is 0.341 e. The number of hydrogen-bond donors (Lipinski definition) is 3. The van der Waals surface area contributed by atoms with Crippen LogP contribution < -0.4 is 10.2 Å². The van der Waals surface area contributed by atoms with Crippen molar-refractivity contribution in [2.45, 2.75) is 6.92 Å². The molecule has 0 saturated carbocycles. The summed E-state index contributed by atoms with van der Waals surface area (Å²) in [6.45, 7) is 1.46. The predicted octanol–water partition coefficient (Wildman–Crippen LogP) is 2.86. The molecule has 0 bridgehead atoms. The number of aliphatic carboxylic acids is 1. The average molecular weight is 324 g/mol. The molecule has 0 unspecified atom stereocenters. The summed E-state index contributed by atoms with van der Waals surface area (Å²) >= 11 is 0. The monoisotopic (exact) mass is 324 g/mol. The Balaban J connectivity index is 1.73. The lowest BCUT2D eigenvalue weighted by Gasteiger charge is -2.06. The van der Waals surface area contributed by atoms with Gasteiger partial charge in [-0.3, -0.25) is 0 Å². The standard InChI is InChI=1S/C17H16N4O3/c1-11(12-5-4-6-13(9-12)24-10-16(22)23)20-21-17-18-14-7-2-3-8-15(14)19-17/h2-9H,10H2,1H3,(H,22,23)(H2,18,19,21)/b20-11-. The molecule has 3 N–H and O–H groups in total. The molecule has 2 aromatic carbocycles. The lowest BCUT2D eigenvalue weighted by molar-refractivity contribution is -0.139. The lowest BCUT2D eigenvalue weighted by atomic mass is 10.1. The van der Waals surface area contributed by atoms with Crippen LogP contribution in [0.15, 0.2) is 53.6 Å². The number of fused-ring (bicyclic) bond motifs is 1. The number of hydrogen-bond acceptors (Lipinski definition) is 5. The molecule has 7 heteroatoms. The first-order valence-electron chi connectivity index (χ1n) is 7.32. The van der Waals surface area contributed by atoms with Crippen LogP contribution in [0.25, 0.3) is 11.0 Å². The fraction of sp³-hybridized carbons (Fsp3) is 0.118. The maximum absolute atomic E-state index is 10.6. The van der Waals surface area contributed by atoms with Crippen LogP contribution in [0.4, 0.5) is 5.95 Å². The fourth-order valence-electron chi connectivity index (χ4n) is 2.16. The summed E-state index contributed by atoms with van der Waals surface area (Å²) in [5.74, 6) is 0.0133. The minimum atomic E-state index is -1.02. The van der Waals surface area contributed by atoms with E-state index < -0.39 is 5.97 Å². The van der Waals surface area contributed by atoms with Crippen LogP contribution in [0.2, 0.25) is 0 Å². The van der Waals surface area contributed by atoms with Crippen molar-refractivity contribution in [3.8, 4) is 5.75 Å². The molecule has 0 amide bonds. The van der Waals surface area contributed by atoms with Gasteiger partial charge in [0, 0.05) is 5.56 Å². The van der Waals surface area contributed by atoms with Crippen molar-refractivity contribution in [2.75, 3.05) is 12.0 Å². The van der Waals surface area contributed by atoms with Crippen molar-refractivity contribution < 1.29 is 14.6 Å². The van der Waals surface area contributed by atoms with Gasteiger partial charge in [0.05, 0.1) is 16.7 Å². The Kier molecular flexibility index (Phi) is 4.42. The van der Waals surface area contributed by atoms with Gasteiger partial charge in [-0.1, -0.05) is 24.3 Å². The topological polar surface area (TPSA) is 99.6 Å². The van der Waals surface area contributed by atoms with Crippen LogP contribution in [0.1, 0.15) is 12.5 Å². The van der Waals surface area contributed by atoms with E-state index in [4.69, 9.17) is 9.84 Å². The van der Waals surface area contributed by atoms with Crippen LogP contribution in [0, 0.1) is 0 Å². The van der Waals surface area contributed by atoms with E-state index in [0.717, 1.165) is 22.3 Å². The van der Waals surface area contributed by atoms with Crippen LogP contribution in [-0.4, -0.2) is 33.4 Å². The molecule has 0 aliphatic rings. The highest BCUT2D eigenvalue weighted by Crippen LogP contribution is 2.15. The number of hydrazone groups is 1. The number of nitrogens with one attached hydrogen (secondary N) is 2. The number of anilines is 1. The zero-order valence-corrected chi connectivity index (χ0v) is 13.0. The Morgan fingerprint density at radius 3 is 2.92 bits per heavy atom. The number of H-pyrrole nitrogens is 1. The summed E-state index contributed by atoms with van der Waals surface area (Å²) in [6, 6.07) is 14.8. The first-order chi connectivity index (χ1) is 11.6. The molecule has 0 aliphatic heterocycles. The quantitative estimate of drug-likeness (QED) is 0.478. The molecule has 0 aliphatic carbocycles. The Hall–Kier alpha value is -3.35. The van der Waals surface area contributed by atoms with Crippen LogP contribution in [0.3, 0.4) is 0 Å². The van der Waals surface area contributed by atoms with Crippen LogP contribution in [0.5, 0.6) is 5.75 Å². The summed E-state index contributed by atoms with van der Waals surface area (Å²) in [5.41, 5.74) is 6.21. The summed E-state index contributed by atoms with van der Waals surface area (Å²) in [7, 11) is 0. The number of carboxylic acids is 1. The van der Waals surface area contributed by atoms with E-state index in [2.05, 4.69) is 20.5 Å². The van der Waals surface area contributed by atoms with Gasteiger partial charge in [-0.2, -0.15) is 5.10 Å². The number of aromatic amines is 1. The summed E-state index contributed by atoms with van der Waals surface area (Å²) < 4.78 is 5.17. The second-order valence-electron chi connectivity index (χ2n) is 5.12. The Morgan fingerprint density at radius 2 is 2.12 bits per heavy atom. The number of ether oxygens (including phenoxy) is 1. The SMILES string of the molecule is C/C(=N/Nc1nc2ccccc2[nH]1)c1cccc(OCC(=O)O)c1. The molecule has 0 spiro atoms. The number of nitrogens with zero attached hydrogens (tertiary/aromatic N) is 2. The van der Waals surface area contributed by atoms with Gasteiger partial charge in [-0.25, -0.2) is 15.2 Å². The Labute approximate surface area is 138 Å². The second kappa shape index (κ2) is 6.82. The number of rotatable bonds is 6. The van der Waals surface area contributed by atoms with E-state index in [1.54, 1.807) is 18.2 Å². The summed E-state index contributed by atoms with van der Waals surface area (Å²) in [5, 5.41) is 13.0. The number of benzene rings is 2. The third-order valence-electron chi connectivity index (χ3n) is 3.33. The van der Waals surface area contributed by atoms with Gasteiger partial charge in [0.25, 0.3) is 0 Å². The van der Waals surface area contributed by atoms with Crippen molar-refractivity contribution in [3.05, 3.63) is 54.1 Å². The molecular formula is C17H16N4O3. The van der Waals surface area contributed by atoms with E-state index in [0.29, 0.717) is 11.7 Å². The number of carboxylic acid groups (broad SMARTS) is 1. The average Bonchev–Trinajstić information content (AvgIpc) is 3.01. The van der Waals surface area contributed by atoms with Gasteiger partial charge < -0.3 is 14.8 Å². The van der Waals surface area contributed by atoms with Crippen LogP contribution >= 0.6 is 0 Å². The first kappa shape index (κ1) is 15.5. The third-order valence-corrected chi connectivity index (χ3v) is 3.33. The van der Waals surface area contributed by atoms with Gasteiger partial charge in [0.2, 0.25) is 5.95 Å². The molecule has 24 heavy (non-hydrogen) atoms. The maximum atomic E-state index is 10.6. The summed E-state index contributed by atoms with van der Waals surface area (Å²) in [4.78, 5) is 18.1. The number of para-hydroxylation sites is 2. The normalized spacial score (nSPS) is 11.5. The largest absolute Gasteiger partial charge is 0.482 e. The minimum absolute atomic E-state index is 0.378. The highest BCUT2D eigenvalue weighted by molar-refractivity contribution is 5.99. The van der Waals surface area contributed by atoms with E-state index in [1.165, 1.54) is 0 Å². The van der Waals surface area contributed by atoms with E-state index >= 15 is 0 Å². The molecule has 122 valence electrons. The molecule has 0 fully saturated rings. The Morgan fingerprint density at radius 1 is 1.29 bits per heavy atom. The Bertz CT molecular complexity index is 868. The van der Waals surface area contributed by atoms with Crippen molar-refractivity contribution in [2.24, 2.45) is 5.10 Å². The molecule has 3 aromatic rings. The molecular weight excluding hydrogens is 308 g/mol. The van der Waals surface area contributed by atoms with E-state index in [-0.39, 0.29) is 6.61 Å². The molecule has 7 nitrogen and oxygen atoms in total. The van der Waals surface area contributed by atoms with Gasteiger partial charge in [-0.05, 0) is 31.2 Å².